The van der Waals surface area contributed by atoms with Crippen LogP contribution in [0.2, 0.25) is 0 Å². The number of nitrogens with one attached hydrogen (secondary N) is 2. The van der Waals surface area contributed by atoms with Crippen molar-refractivity contribution in [1.82, 2.24) is 10.6 Å². The number of aliphatic hydroxyl groups is 2. The molecule has 0 saturated heterocycles. The van der Waals surface area contributed by atoms with E-state index >= 15 is 0 Å². The first-order chi connectivity index (χ1) is 12.6. The van der Waals surface area contributed by atoms with E-state index in [-0.39, 0.29) is 19.2 Å². The molecular weight excluding hydrogens is 332 g/mol. The average molecular weight is 358 g/mol. The molecule has 2 aromatic carbocycles. The second-order valence-corrected chi connectivity index (χ2v) is 6.29. The van der Waals surface area contributed by atoms with Gasteiger partial charge in [0.1, 0.15) is 0 Å². The highest BCUT2D eigenvalue weighted by atomic mass is 16.4. The molecule has 0 aliphatic heterocycles. The fourth-order valence-electron chi connectivity index (χ4n) is 2.84. The van der Waals surface area contributed by atoms with Crippen LogP contribution in [0, 0.1) is 0 Å². The number of hydrogen-bond acceptors (Lipinski definition) is 4. The number of hydrogen-bond donors (Lipinski definition) is 5. The third kappa shape index (κ3) is 6.84. The molecule has 1 amide bonds. The van der Waals surface area contributed by atoms with Crippen LogP contribution in [0.1, 0.15) is 11.1 Å². The van der Waals surface area contributed by atoms with Gasteiger partial charge in [0.25, 0.3) is 0 Å². The molecule has 2 rings (SSSR count). The topological polar surface area (TPSA) is 102 Å². The number of carboxylic acid groups (broad SMARTS) is 1. The summed E-state index contributed by atoms with van der Waals surface area (Å²) in [6.07, 6.45) is -1.08. The van der Waals surface area contributed by atoms with Gasteiger partial charge in [0.2, 0.25) is 0 Å². The van der Waals surface area contributed by atoms with Crippen molar-refractivity contribution >= 4 is 6.09 Å². The van der Waals surface area contributed by atoms with Crippen LogP contribution < -0.4 is 10.6 Å². The lowest BCUT2D eigenvalue weighted by Gasteiger charge is -2.25. The molecule has 5 N–H and O–H groups in total. The third-order valence-electron chi connectivity index (χ3n) is 4.23. The van der Waals surface area contributed by atoms with E-state index in [9.17, 15) is 15.0 Å². The van der Waals surface area contributed by atoms with Crippen molar-refractivity contribution in [1.29, 1.82) is 0 Å². The van der Waals surface area contributed by atoms with Crippen LogP contribution in [0.5, 0.6) is 0 Å². The van der Waals surface area contributed by atoms with Crippen LogP contribution in [0.15, 0.2) is 60.7 Å². The summed E-state index contributed by atoms with van der Waals surface area (Å²) in [5, 5.41) is 34.6. The molecular formula is C20H26N2O4. The van der Waals surface area contributed by atoms with Gasteiger partial charge in [0, 0.05) is 12.6 Å². The van der Waals surface area contributed by atoms with Gasteiger partial charge >= 0.3 is 6.09 Å². The SMILES string of the molecule is O=C(O)NC(Cc1ccccc1)C(O)CN[C@@H](CO)Cc1ccccc1. The van der Waals surface area contributed by atoms with E-state index in [1.807, 2.05) is 60.7 Å². The van der Waals surface area contributed by atoms with Crippen molar-refractivity contribution in [3.05, 3.63) is 71.8 Å². The van der Waals surface area contributed by atoms with Gasteiger partial charge in [-0.3, -0.25) is 0 Å². The zero-order valence-electron chi connectivity index (χ0n) is 14.6. The highest BCUT2D eigenvalue weighted by Crippen LogP contribution is 2.08. The molecule has 6 heteroatoms. The molecule has 0 bridgehead atoms. The molecule has 6 nitrogen and oxygen atoms in total. The highest BCUT2D eigenvalue weighted by molar-refractivity contribution is 5.65. The van der Waals surface area contributed by atoms with Crippen LogP contribution >= 0.6 is 0 Å². The Morgan fingerprint density at radius 1 is 0.923 bits per heavy atom. The molecule has 0 aliphatic rings. The van der Waals surface area contributed by atoms with Gasteiger partial charge in [-0.15, -0.1) is 0 Å². The Morgan fingerprint density at radius 3 is 1.96 bits per heavy atom. The summed E-state index contributed by atoms with van der Waals surface area (Å²) >= 11 is 0. The van der Waals surface area contributed by atoms with Gasteiger partial charge in [-0.25, -0.2) is 4.79 Å². The van der Waals surface area contributed by atoms with Crippen molar-refractivity contribution in [3.8, 4) is 0 Å². The minimum Gasteiger partial charge on any atom is -0.465 e. The van der Waals surface area contributed by atoms with Crippen LogP contribution in [-0.4, -0.2) is 52.8 Å². The quantitative estimate of drug-likeness (QED) is 0.442. The molecule has 0 fully saturated rings. The summed E-state index contributed by atoms with van der Waals surface area (Å²) in [5.41, 5.74) is 2.02. The number of aliphatic hydroxyl groups excluding tert-OH is 2. The highest BCUT2D eigenvalue weighted by Gasteiger charge is 2.22. The summed E-state index contributed by atoms with van der Waals surface area (Å²) in [6.45, 7) is 0.104. The molecule has 2 aromatic rings. The summed E-state index contributed by atoms with van der Waals surface area (Å²) in [5.74, 6) is 0. The minimum atomic E-state index is -1.17. The Morgan fingerprint density at radius 2 is 1.46 bits per heavy atom. The van der Waals surface area contributed by atoms with E-state index in [1.165, 1.54) is 0 Å². The molecule has 0 aliphatic carbocycles. The lowest BCUT2D eigenvalue weighted by Crippen LogP contribution is -2.50. The van der Waals surface area contributed by atoms with Crippen molar-refractivity contribution in [2.45, 2.75) is 31.0 Å². The number of amides is 1. The van der Waals surface area contributed by atoms with Crippen molar-refractivity contribution in [2.24, 2.45) is 0 Å². The zero-order valence-corrected chi connectivity index (χ0v) is 14.6. The van der Waals surface area contributed by atoms with E-state index in [1.54, 1.807) is 0 Å². The van der Waals surface area contributed by atoms with Crippen LogP contribution in [-0.2, 0) is 12.8 Å². The van der Waals surface area contributed by atoms with Gasteiger partial charge in [-0.1, -0.05) is 60.7 Å². The molecule has 0 heterocycles. The molecule has 0 radical (unpaired) electrons. The fraction of sp³-hybridized carbons (Fsp3) is 0.350. The van der Waals surface area contributed by atoms with Crippen molar-refractivity contribution in [3.63, 3.8) is 0 Å². The van der Waals surface area contributed by atoms with Crippen LogP contribution in [0.3, 0.4) is 0 Å². The maximum Gasteiger partial charge on any atom is 0.404 e. The fourth-order valence-corrected chi connectivity index (χ4v) is 2.84. The number of carbonyl (C=O) groups is 1. The first-order valence-electron chi connectivity index (χ1n) is 8.68. The predicted octanol–water partition coefficient (Wildman–Crippen LogP) is 1.42. The molecule has 0 spiro atoms. The van der Waals surface area contributed by atoms with Crippen LogP contribution in [0.4, 0.5) is 4.79 Å². The van der Waals surface area contributed by atoms with Gasteiger partial charge in [0.15, 0.2) is 0 Å². The van der Waals surface area contributed by atoms with Gasteiger partial charge in [0.05, 0.1) is 18.8 Å². The monoisotopic (exact) mass is 358 g/mol. The molecule has 2 unspecified atom stereocenters. The normalized spacial score (nSPS) is 14.4. The Hall–Kier alpha value is -2.41. The van der Waals surface area contributed by atoms with E-state index < -0.39 is 18.2 Å². The average Bonchev–Trinajstić information content (AvgIpc) is 2.65. The Balaban J connectivity index is 1.92. The third-order valence-corrected chi connectivity index (χ3v) is 4.23. The van der Waals surface area contributed by atoms with Crippen molar-refractivity contribution < 1.29 is 20.1 Å². The Labute approximate surface area is 153 Å². The van der Waals surface area contributed by atoms with E-state index in [0.29, 0.717) is 12.8 Å². The van der Waals surface area contributed by atoms with Crippen LogP contribution in [0.25, 0.3) is 0 Å². The maximum atomic E-state index is 11.1. The molecule has 0 saturated carbocycles. The first-order valence-corrected chi connectivity index (χ1v) is 8.68. The zero-order chi connectivity index (χ0) is 18.8. The smallest absolute Gasteiger partial charge is 0.404 e. The van der Waals surface area contributed by atoms with Gasteiger partial charge < -0.3 is 26.0 Å². The Kier molecular flexibility index (Phi) is 8.08. The number of benzene rings is 2. The largest absolute Gasteiger partial charge is 0.465 e. The first kappa shape index (κ1) is 19.9. The summed E-state index contributed by atoms with van der Waals surface area (Å²) in [7, 11) is 0. The maximum absolute atomic E-state index is 11.1. The minimum absolute atomic E-state index is 0.0721. The lowest BCUT2D eigenvalue weighted by atomic mass is 10.0. The summed E-state index contributed by atoms with van der Waals surface area (Å²) in [4.78, 5) is 11.1. The molecule has 26 heavy (non-hydrogen) atoms. The summed E-state index contributed by atoms with van der Waals surface area (Å²) in [6, 6.07) is 18.3. The van der Waals surface area contributed by atoms with Gasteiger partial charge in [-0.05, 0) is 24.0 Å². The molecule has 0 aromatic heterocycles. The molecule has 3 atom stereocenters. The number of rotatable bonds is 10. The van der Waals surface area contributed by atoms with E-state index in [4.69, 9.17) is 5.11 Å². The lowest BCUT2D eigenvalue weighted by molar-refractivity contribution is 0.111. The van der Waals surface area contributed by atoms with Gasteiger partial charge in [-0.2, -0.15) is 0 Å². The standard InChI is InChI=1S/C20H26N2O4/c23-14-17(11-15-7-3-1-4-8-15)21-13-19(24)18(22-20(25)26)12-16-9-5-2-6-10-16/h1-10,17-19,21-24H,11-14H2,(H,25,26)/t17-,18?,19?/m1/s1. The second kappa shape index (κ2) is 10.6. The van der Waals surface area contributed by atoms with E-state index in [0.717, 1.165) is 11.1 Å². The summed E-state index contributed by atoms with van der Waals surface area (Å²) < 4.78 is 0. The second-order valence-electron chi connectivity index (χ2n) is 6.29. The predicted molar refractivity (Wildman–Crippen MR) is 100 cm³/mol. The molecule has 140 valence electrons. The Bertz CT molecular complexity index is 651. The van der Waals surface area contributed by atoms with Crippen molar-refractivity contribution in [2.75, 3.05) is 13.2 Å². The van der Waals surface area contributed by atoms with E-state index in [2.05, 4.69) is 10.6 Å².